The molecular formula is C22H16ClFN6O3. The fourth-order valence-corrected chi connectivity index (χ4v) is 5.11. The molecule has 2 bridgehead atoms. The van der Waals surface area contributed by atoms with Gasteiger partial charge in [-0.25, -0.2) is 18.8 Å². The predicted molar refractivity (Wildman–Crippen MR) is 117 cm³/mol. The number of carbonyl (C=O) groups is 1. The van der Waals surface area contributed by atoms with Gasteiger partial charge < -0.3 is 15.2 Å². The number of nitrogens with one attached hydrogen (secondary N) is 2. The van der Waals surface area contributed by atoms with E-state index < -0.39 is 11.8 Å². The number of rotatable bonds is 2. The summed E-state index contributed by atoms with van der Waals surface area (Å²) in [5, 5.41) is 10.3. The summed E-state index contributed by atoms with van der Waals surface area (Å²) in [5.74, 6) is -0.629. The number of anilines is 1. The minimum absolute atomic E-state index is 0.0162. The first kappa shape index (κ1) is 19.9. The van der Waals surface area contributed by atoms with Gasteiger partial charge >= 0.3 is 6.03 Å². The highest BCUT2D eigenvalue weighted by molar-refractivity contribution is 6.33. The Bertz CT molecular complexity index is 1480. The number of nitrogens with zero attached hydrogens (tertiary/aromatic N) is 4. The molecule has 11 heteroatoms. The summed E-state index contributed by atoms with van der Waals surface area (Å²) in [6.45, 7) is 0. The molecule has 1 aromatic carbocycles. The Kier molecular flexibility index (Phi) is 4.44. The molecule has 0 radical (unpaired) electrons. The van der Waals surface area contributed by atoms with Crippen LogP contribution in [0, 0.1) is 5.82 Å². The van der Waals surface area contributed by atoms with Crippen molar-refractivity contribution >= 4 is 34.5 Å². The first-order valence-electron chi connectivity index (χ1n) is 10.4. The smallest absolute Gasteiger partial charge is 0.322 e. The maximum Gasteiger partial charge on any atom is 0.322 e. The molecule has 6 rings (SSSR count). The number of H-pyrrole nitrogens is 1. The molecule has 1 saturated heterocycles. The molecule has 9 nitrogen and oxygen atoms in total. The number of aromatic amines is 1. The second-order valence-electron chi connectivity index (χ2n) is 8.21. The van der Waals surface area contributed by atoms with Gasteiger partial charge in [0.25, 0.3) is 0 Å². The zero-order valence-corrected chi connectivity index (χ0v) is 17.8. The lowest BCUT2D eigenvalue weighted by atomic mass is 9.95. The number of pyridine rings is 2. The molecule has 1 fully saturated rings. The van der Waals surface area contributed by atoms with Gasteiger partial charge in [-0.3, -0.25) is 4.79 Å². The SMILES string of the molecule is O=C(Nc1cc(Cl)c(-c2cnc3nonc3c2)cc1F)N1[C@H]2CC[C@@H]1c1c[nH]c(=O)cc1C2. The van der Waals surface area contributed by atoms with Gasteiger partial charge in [0.2, 0.25) is 11.2 Å². The number of amides is 2. The van der Waals surface area contributed by atoms with Crippen LogP contribution in [0.4, 0.5) is 14.9 Å². The molecule has 33 heavy (non-hydrogen) atoms. The summed E-state index contributed by atoms with van der Waals surface area (Å²) >= 11 is 6.43. The molecule has 0 spiro atoms. The number of halogens is 2. The van der Waals surface area contributed by atoms with Crippen LogP contribution in [0.3, 0.4) is 0 Å². The van der Waals surface area contributed by atoms with Crippen molar-refractivity contribution in [3.8, 4) is 11.1 Å². The summed E-state index contributed by atoms with van der Waals surface area (Å²) in [5.41, 5.74) is 3.42. The second kappa shape index (κ2) is 7.38. The third-order valence-electron chi connectivity index (χ3n) is 6.32. The van der Waals surface area contributed by atoms with Crippen molar-refractivity contribution in [3.05, 3.63) is 69.0 Å². The highest BCUT2D eigenvalue weighted by Crippen LogP contribution is 2.43. The minimum atomic E-state index is -0.629. The van der Waals surface area contributed by atoms with E-state index >= 15 is 0 Å². The average molecular weight is 467 g/mol. The van der Waals surface area contributed by atoms with E-state index in [0.717, 1.165) is 24.0 Å². The Labute approximate surface area is 190 Å². The third kappa shape index (κ3) is 3.25. The Balaban J connectivity index is 1.28. The average Bonchev–Trinajstić information content (AvgIpc) is 3.39. The fraction of sp³-hybridized carbons (Fsp3) is 0.227. The largest absolute Gasteiger partial charge is 0.329 e. The number of aromatic nitrogens is 4. The van der Waals surface area contributed by atoms with Gasteiger partial charge in [0.05, 0.1) is 16.8 Å². The van der Waals surface area contributed by atoms with Gasteiger partial charge in [0, 0.05) is 35.6 Å². The van der Waals surface area contributed by atoms with Crippen LogP contribution in [0.1, 0.15) is 30.0 Å². The van der Waals surface area contributed by atoms with E-state index in [-0.39, 0.29) is 28.4 Å². The first-order valence-corrected chi connectivity index (χ1v) is 10.7. The zero-order chi connectivity index (χ0) is 22.7. The van der Waals surface area contributed by atoms with Crippen LogP contribution >= 0.6 is 11.6 Å². The molecule has 0 unspecified atom stereocenters. The molecule has 2 N–H and O–H groups in total. The van der Waals surface area contributed by atoms with E-state index in [0.29, 0.717) is 28.7 Å². The van der Waals surface area contributed by atoms with Crippen LogP contribution in [0.25, 0.3) is 22.3 Å². The number of carbonyl (C=O) groups excluding carboxylic acids is 1. The standard InChI is InChI=1S/C22H16ClFN6O3/c23-15-7-17(16(24)6-13(15)11-4-18-21(26-8-11)29-33-28-18)27-22(32)30-12-1-2-19(30)14-9-25-20(31)5-10(14)3-12/h4-9,12,19H,1-3H2,(H,25,31)(H,27,32)/t12-,19+/m0/s1. The monoisotopic (exact) mass is 466 g/mol. The summed E-state index contributed by atoms with van der Waals surface area (Å²) in [6.07, 6.45) is 5.36. The highest BCUT2D eigenvalue weighted by atomic mass is 35.5. The Morgan fingerprint density at radius 1 is 1.24 bits per heavy atom. The predicted octanol–water partition coefficient (Wildman–Crippen LogP) is 4.06. The zero-order valence-electron chi connectivity index (χ0n) is 17.0. The quantitative estimate of drug-likeness (QED) is 0.460. The summed E-state index contributed by atoms with van der Waals surface area (Å²) in [4.78, 5) is 33.3. The Morgan fingerprint density at radius 3 is 3.00 bits per heavy atom. The van der Waals surface area contributed by atoms with Crippen molar-refractivity contribution in [2.24, 2.45) is 0 Å². The van der Waals surface area contributed by atoms with Gasteiger partial charge in [-0.2, -0.15) is 0 Å². The molecule has 166 valence electrons. The van der Waals surface area contributed by atoms with E-state index in [1.807, 2.05) is 0 Å². The van der Waals surface area contributed by atoms with Crippen LogP contribution < -0.4 is 10.9 Å². The van der Waals surface area contributed by atoms with Gasteiger partial charge in [-0.15, -0.1) is 0 Å². The van der Waals surface area contributed by atoms with E-state index in [4.69, 9.17) is 11.6 Å². The van der Waals surface area contributed by atoms with E-state index in [1.165, 1.54) is 18.3 Å². The molecule has 0 aliphatic carbocycles. The lowest BCUT2D eigenvalue weighted by Crippen LogP contribution is -2.44. The van der Waals surface area contributed by atoms with Crippen molar-refractivity contribution < 1.29 is 13.8 Å². The molecule has 2 atom stereocenters. The lowest BCUT2D eigenvalue weighted by molar-refractivity contribution is 0.179. The third-order valence-corrected chi connectivity index (χ3v) is 6.63. The summed E-state index contributed by atoms with van der Waals surface area (Å²) < 4.78 is 19.6. The topological polar surface area (TPSA) is 117 Å². The Hall–Kier alpha value is -3.79. The number of benzene rings is 1. The molecule has 3 aromatic heterocycles. The van der Waals surface area contributed by atoms with Gasteiger partial charge in [-0.1, -0.05) is 11.6 Å². The highest BCUT2D eigenvalue weighted by Gasteiger charge is 2.43. The second-order valence-corrected chi connectivity index (χ2v) is 8.62. The van der Waals surface area contributed by atoms with Crippen LogP contribution in [0.5, 0.6) is 0 Å². The number of hydrogen-bond acceptors (Lipinski definition) is 6. The van der Waals surface area contributed by atoms with Crippen molar-refractivity contribution in [1.82, 2.24) is 25.2 Å². The van der Waals surface area contributed by atoms with E-state index in [2.05, 4.69) is 30.2 Å². The molecule has 0 saturated carbocycles. The maximum absolute atomic E-state index is 15.0. The number of fused-ring (bicyclic) bond motifs is 5. The van der Waals surface area contributed by atoms with Crippen molar-refractivity contribution in [2.75, 3.05) is 5.32 Å². The van der Waals surface area contributed by atoms with Gasteiger partial charge in [0.15, 0.2) is 5.52 Å². The fourth-order valence-electron chi connectivity index (χ4n) is 4.84. The summed E-state index contributed by atoms with van der Waals surface area (Å²) in [7, 11) is 0. The van der Waals surface area contributed by atoms with Gasteiger partial charge in [0.1, 0.15) is 5.82 Å². The van der Waals surface area contributed by atoms with Crippen molar-refractivity contribution in [3.63, 3.8) is 0 Å². The molecule has 2 aliphatic rings. The van der Waals surface area contributed by atoms with Crippen LogP contribution in [-0.4, -0.2) is 37.3 Å². The molecular weight excluding hydrogens is 451 g/mol. The van der Waals surface area contributed by atoms with Crippen molar-refractivity contribution in [1.29, 1.82) is 0 Å². The normalized spacial score (nSPS) is 19.0. The number of hydrogen-bond donors (Lipinski definition) is 2. The molecule has 2 amide bonds. The van der Waals surface area contributed by atoms with E-state index in [1.54, 1.807) is 23.2 Å². The molecule has 5 heterocycles. The lowest BCUT2D eigenvalue weighted by Gasteiger charge is -2.36. The first-order chi connectivity index (χ1) is 16.0. The number of urea groups is 1. The minimum Gasteiger partial charge on any atom is -0.329 e. The van der Waals surface area contributed by atoms with Crippen molar-refractivity contribution in [2.45, 2.75) is 31.3 Å². The van der Waals surface area contributed by atoms with Crippen LogP contribution in [0.2, 0.25) is 5.02 Å². The molecule has 4 aromatic rings. The Morgan fingerprint density at radius 2 is 2.12 bits per heavy atom. The summed E-state index contributed by atoms with van der Waals surface area (Å²) in [6, 6.07) is 5.25. The maximum atomic E-state index is 15.0. The van der Waals surface area contributed by atoms with Gasteiger partial charge in [-0.05, 0) is 58.9 Å². The van der Waals surface area contributed by atoms with Crippen LogP contribution in [-0.2, 0) is 6.42 Å². The molecule has 2 aliphatic heterocycles. The van der Waals surface area contributed by atoms with E-state index in [9.17, 15) is 14.0 Å². The van der Waals surface area contributed by atoms with Crippen LogP contribution in [0.15, 0.2) is 46.1 Å².